The number of carbonyl (C=O) groups excluding carboxylic acids is 1. The van der Waals surface area contributed by atoms with E-state index < -0.39 is 0 Å². The highest BCUT2D eigenvalue weighted by atomic mass is 35.5. The zero-order valence-electron chi connectivity index (χ0n) is 12.8. The van der Waals surface area contributed by atoms with Crippen LogP contribution in [0, 0.1) is 0 Å². The maximum Gasteiger partial charge on any atom is 0.283 e. The quantitative estimate of drug-likeness (QED) is 0.801. The van der Waals surface area contributed by atoms with Crippen molar-refractivity contribution in [2.45, 2.75) is 19.8 Å². The molecule has 4 nitrogen and oxygen atoms in total. The molecule has 0 radical (unpaired) electrons. The van der Waals surface area contributed by atoms with Gasteiger partial charge in [0.2, 0.25) is 0 Å². The minimum Gasteiger partial charge on any atom is -0.335 e. The fraction of sp³-hybridized carbons (Fsp3) is 0.375. The highest BCUT2D eigenvalue weighted by molar-refractivity contribution is 7.21. The summed E-state index contributed by atoms with van der Waals surface area (Å²) >= 11 is 13.6. The minimum atomic E-state index is -0.259. The summed E-state index contributed by atoms with van der Waals surface area (Å²) in [5.41, 5.74) is 3.70. The Kier molecular flexibility index (Phi) is 5.21. The number of carbonyl (C=O) groups is 1. The molecular weight excluding hydrogens is 353 g/mol. The zero-order valence-corrected chi connectivity index (χ0v) is 15.1. The first-order chi connectivity index (χ1) is 11.1. The SMILES string of the molecule is CC[NH+]1CCC(=NNC(=O)c2sc3cc(Cl)ccc3c2Cl)CC1. The number of nitrogens with one attached hydrogen (secondary N) is 2. The Morgan fingerprint density at radius 2 is 2.09 bits per heavy atom. The molecule has 1 aromatic carbocycles. The van der Waals surface area contributed by atoms with Gasteiger partial charge in [0.1, 0.15) is 4.88 Å². The topological polar surface area (TPSA) is 45.9 Å². The van der Waals surface area contributed by atoms with Gasteiger partial charge in [0.05, 0.1) is 24.7 Å². The Labute approximate surface area is 149 Å². The lowest BCUT2D eigenvalue weighted by molar-refractivity contribution is -0.899. The summed E-state index contributed by atoms with van der Waals surface area (Å²) in [5.74, 6) is -0.259. The van der Waals surface area contributed by atoms with Crippen LogP contribution in [0.4, 0.5) is 0 Å². The van der Waals surface area contributed by atoms with Gasteiger partial charge in [-0.15, -0.1) is 11.3 Å². The van der Waals surface area contributed by atoms with Crippen molar-refractivity contribution in [3.8, 4) is 0 Å². The van der Waals surface area contributed by atoms with Crippen LogP contribution in [0.2, 0.25) is 10.0 Å². The van der Waals surface area contributed by atoms with Crippen LogP contribution in [-0.2, 0) is 0 Å². The van der Waals surface area contributed by atoms with Gasteiger partial charge < -0.3 is 4.90 Å². The fourth-order valence-corrected chi connectivity index (χ4v) is 4.41. The van der Waals surface area contributed by atoms with E-state index in [0.29, 0.717) is 14.9 Å². The Morgan fingerprint density at radius 3 is 2.78 bits per heavy atom. The average Bonchev–Trinajstić information content (AvgIpc) is 2.89. The highest BCUT2D eigenvalue weighted by Crippen LogP contribution is 2.36. The van der Waals surface area contributed by atoms with Crippen molar-refractivity contribution in [2.24, 2.45) is 5.10 Å². The lowest BCUT2D eigenvalue weighted by Gasteiger charge is -2.23. The molecule has 1 aliphatic heterocycles. The number of likely N-dealkylation sites (tertiary alicyclic amines) is 1. The predicted octanol–water partition coefficient (Wildman–Crippen LogP) is 2.99. The van der Waals surface area contributed by atoms with E-state index in [1.807, 2.05) is 12.1 Å². The number of hydrogen-bond donors (Lipinski definition) is 2. The van der Waals surface area contributed by atoms with E-state index in [1.54, 1.807) is 11.0 Å². The van der Waals surface area contributed by atoms with Crippen LogP contribution >= 0.6 is 34.5 Å². The number of benzene rings is 1. The molecule has 0 bridgehead atoms. The van der Waals surface area contributed by atoms with Crippen LogP contribution in [0.5, 0.6) is 0 Å². The molecule has 7 heteroatoms. The maximum atomic E-state index is 12.4. The minimum absolute atomic E-state index is 0.259. The number of hydrogen-bond acceptors (Lipinski definition) is 3. The summed E-state index contributed by atoms with van der Waals surface area (Å²) in [6.07, 6.45) is 1.86. The monoisotopic (exact) mass is 370 g/mol. The van der Waals surface area contributed by atoms with E-state index >= 15 is 0 Å². The van der Waals surface area contributed by atoms with Crippen molar-refractivity contribution in [2.75, 3.05) is 19.6 Å². The van der Waals surface area contributed by atoms with E-state index in [2.05, 4.69) is 17.5 Å². The number of nitrogens with zero attached hydrogens (tertiary/aromatic N) is 1. The summed E-state index contributed by atoms with van der Waals surface area (Å²) in [4.78, 5) is 14.4. The number of piperidine rings is 1. The molecule has 1 saturated heterocycles. The third kappa shape index (κ3) is 3.69. The standard InChI is InChI=1S/C16H17Cl2N3OS/c1-2-21-7-5-11(6-8-21)19-20-16(22)15-14(18)12-4-3-10(17)9-13(12)23-15/h3-4,9H,2,5-8H2,1H3,(H,20,22)/p+1. The van der Waals surface area contributed by atoms with Crippen LogP contribution in [-0.4, -0.2) is 31.3 Å². The molecule has 1 aliphatic rings. The molecule has 1 aromatic heterocycles. The van der Waals surface area contributed by atoms with Gasteiger partial charge in [-0.05, 0) is 19.1 Å². The van der Waals surface area contributed by atoms with E-state index in [1.165, 1.54) is 11.3 Å². The summed E-state index contributed by atoms with van der Waals surface area (Å²) in [6, 6.07) is 5.43. The molecule has 1 amide bonds. The van der Waals surface area contributed by atoms with E-state index in [-0.39, 0.29) is 5.91 Å². The van der Waals surface area contributed by atoms with Crippen LogP contribution in [0.3, 0.4) is 0 Å². The number of halogens is 2. The van der Waals surface area contributed by atoms with E-state index in [0.717, 1.165) is 48.3 Å². The Morgan fingerprint density at radius 1 is 1.35 bits per heavy atom. The molecule has 3 rings (SSSR count). The third-order valence-corrected chi connectivity index (χ3v) is 6.04. The molecular formula is C16H18Cl2N3OS+. The molecule has 1 fully saturated rings. The molecule has 122 valence electrons. The maximum absolute atomic E-state index is 12.4. The van der Waals surface area contributed by atoms with Gasteiger partial charge in [0, 0.05) is 33.7 Å². The van der Waals surface area contributed by atoms with Crippen molar-refractivity contribution < 1.29 is 9.69 Å². The Hall–Kier alpha value is -1.14. The number of rotatable bonds is 3. The number of hydrazone groups is 1. The van der Waals surface area contributed by atoms with Crippen LogP contribution < -0.4 is 10.3 Å². The highest BCUT2D eigenvalue weighted by Gasteiger charge is 2.19. The molecule has 2 N–H and O–H groups in total. The van der Waals surface area contributed by atoms with Gasteiger partial charge in [0.15, 0.2) is 0 Å². The molecule has 2 heterocycles. The second kappa shape index (κ2) is 7.18. The van der Waals surface area contributed by atoms with Gasteiger partial charge in [0.25, 0.3) is 5.91 Å². The van der Waals surface area contributed by atoms with Gasteiger partial charge in [-0.3, -0.25) is 4.79 Å². The first-order valence-electron chi connectivity index (χ1n) is 7.65. The Balaban J connectivity index is 1.73. The predicted molar refractivity (Wildman–Crippen MR) is 97.2 cm³/mol. The van der Waals surface area contributed by atoms with Gasteiger partial charge >= 0.3 is 0 Å². The van der Waals surface area contributed by atoms with Gasteiger partial charge in [-0.2, -0.15) is 5.10 Å². The normalized spacial score (nSPS) is 18.2. The van der Waals surface area contributed by atoms with Crippen molar-refractivity contribution in [1.29, 1.82) is 0 Å². The van der Waals surface area contributed by atoms with Crippen LogP contribution in [0.15, 0.2) is 23.3 Å². The van der Waals surface area contributed by atoms with Crippen molar-refractivity contribution in [3.05, 3.63) is 33.1 Å². The van der Waals surface area contributed by atoms with Gasteiger partial charge in [-0.25, -0.2) is 5.43 Å². The molecule has 2 aromatic rings. The fourth-order valence-electron chi connectivity index (χ4n) is 2.72. The molecule has 0 saturated carbocycles. The van der Waals surface area contributed by atoms with E-state index in [9.17, 15) is 4.79 Å². The second-order valence-electron chi connectivity index (χ2n) is 5.61. The second-order valence-corrected chi connectivity index (χ2v) is 7.47. The lowest BCUT2D eigenvalue weighted by atomic mass is 10.1. The molecule has 23 heavy (non-hydrogen) atoms. The summed E-state index contributed by atoms with van der Waals surface area (Å²) in [5, 5.41) is 6.22. The first kappa shape index (κ1) is 16.7. The molecule has 0 aliphatic carbocycles. The van der Waals surface area contributed by atoms with Crippen molar-refractivity contribution in [1.82, 2.24) is 5.43 Å². The Bertz CT molecular complexity index is 762. The molecule has 0 unspecified atom stereocenters. The van der Waals surface area contributed by atoms with Crippen LogP contribution in [0.25, 0.3) is 10.1 Å². The smallest absolute Gasteiger partial charge is 0.283 e. The largest absolute Gasteiger partial charge is 0.335 e. The average molecular weight is 371 g/mol. The summed E-state index contributed by atoms with van der Waals surface area (Å²) in [6.45, 7) is 5.48. The summed E-state index contributed by atoms with van der Waals surface area (Å²) < 4.78 is 0.903. The van der Waals surface area contributed by atoms with Crippen molar-refractivity contribution >= 4 is 56.2 Å². The van der Waals surface area contributed by atoms with Crippen LogP contribution in [0.1, 0.15) is 29.4 Å². The lowest BCUT2D eigenvalue weighted by Crippen LogP contribution is -3.12. The van der Waals surface area contributed by atoms with E-state index in [4.69, 9.17) is 23.2 Å². The third-order valence-electron chi connectivity index (χ3n) is 4.15. The van der Waals surface area contributed by atoms with Crippen molar-refractivity contribution in [3.63, 3.8) is 0 Å². The van der Waals surface area contributed by atoms with Gasteiger partial charge in [-0.1, -0.05) is 29.3 Å². The number of thiophene rings is 1. The molecule has 0 spiro atoms. The first-order valence-corrected chi connectivity index (χ1v) is 9.22. The summed E-state index contributed by atoms with van der Waals surface area (Å²) in [7, 11) is 0. The zero-order chi connectivity index (χ0) is 16.4. The number of quaternary nitrogens is 1. The number of fused-ring (bicyclic) bond motifs is 1. The number of amides is 1. The molecule has 0 atom stereocenters.